The van der Waals surface area contributed by atoms with Crippen molar-refractivity contribution in [3.05, 3.63) is 17.5 Å². The molecule has 0 aromatic carbocycles. The first-order chi connectivity index (χ1) is 10.9. The van der Waals surface area contributed by atoms with Crippen LogP contribution in [0.3, 0.4) is 0 Å². The van der Waals surface area contributed by atoms with E-state index in [0.717, 1.165) is 31.6 Å². The van der Waals surface area contributed by atoms with Gasteiger partial charge in [0.2, 0.25) is 0 Å². The molecule has 0 radical (unpaired) electrons. The van der Waals surface area contributed by atoms with Gasteiger partial charge in [-0.1, -0.05) is 13.8 Å². The van der Waals surface area contributed by atoms with Gasteiger partial charge in [-0.15, -0.1) is 0 Å². The number of piperidine rings is 1. The van der Waals surface area contributed by atoms with Gasteiger partial charge in [0.05, 0.1) is 11.3 Å². The van der Waals surface area contributed by atoms with Crippen molar-refractivity contribution in [3.63, 3.8) is 0 Å². The number of carbonyl (C=O) groups is 2. The van der Waals surface area contributed by atoms with Crippen LogP contribution in [0.2, 0.25) is 0 Å². The first-order valence-electron chi connectivity index (χ1n) is 8.50. The normalized spacial score (nSPS) is 18.4. The smallest absolute Gasteiger partial charge is 0.303 e. The van der Waals surface area contributed by atoms with E-state index in [4.69, 9.17) is 5.11 Å². The second kappa shape index (κ2) is 7.62. The van der Waals surface area contributed by atoms with Crippen molar-refractivity contribution in [1.82, 2.24) is 14.7 Å². The van der Waals surface area contributed by atoms with Gasteiger partial charge in [0.15, 0.2) is 0 Å². The minimum Gasteiger partial charge on any atom is -0.481 e. The zero-order chi connectivity index (χ0) is 17.0. The Labute approximate surface area is 137 Å². The predicted octanol–water partition coefficient (Wildman–Crippen LogP) is 2.74. The van der Waals surface area contributed by atoms with Crippen LogP contribution >= 0.6 is 0 Å². The molecule has 1 aliphatic rings. The van der Waals surface area contributed by atoms with Crippen molar-refractivity contribution in [2.45, 2.75) is 58.9 Å². The summed E-state index contributed by atoms with van der Waals surface area (Å²) < 4.78 is 1.81. The maximum atomic E-state index is 12.9. The summed E-state index contributed by atoms with van der Waals surface area (Å²) in [5.41, 5.74) is 1.55. The fourth-order valence-electron chi connectivity index (χ4n) is 3.17. The van der Waals surface area contributed by atoms with Crippen LogP contribution in [0, 0.1) is 5.92 Å². The Morgan fingerprint density at radius 2 is 2.17 bits per heavy atom. The molecule has 1 aromatic rings. The molecule has 1 saturated heterocycles. The Bertz CT molecular complexity index is 565. The fourth-order valence-corrected chi connectivity index (χ4v) is 3.17. The SMILES string of the molecule is CCn1cc(C(=O)N2CCC[C@@H](CCC(=O)O)C2)c(C(C)C)n1. The molecule has 6 nitrogen and oxygen atoms in total. The monoisotopic (exact) mass is 321 g/mol. The Morgan fingerprint density at radius 3 is 2.78 bits per heavy atom. The Morgan fingerprint density at radius 1 is 1.43 bits per heavy atom. The van der Waals surface area contributed by atoms with Gasteiger partial charge in [-0.2, -0.15) is 5.10 Å². The third-order valence-electron chi connectivity index (χ3n) is 4.46. The van der Waals surface area contributed by atoms with Gasteiger partial charge >= 0.3 is 5.97 Å². The van der Waals surface area contributed by atoms with E-state index < -0.39 is 5.97 Å². The molecule has 1 N–H and O–H groups in total. The van der Waals surface area contributed by atoms with Crippen molar-refractivity contribution in [3.8, 4) is 0 Å². The molecule has 1 fully saturated rings. The van der Waals surface area contributed by atoms with Gasteiger partial charge in [-0.05, 0) is 38.0 Å². The molecule has 1 amide bonds. The fraction of sp³-hybridized carbons (Fsp3) is 0.706. The van der Waals surface area contributed by atoms with E-state index in [-0.39, 0.29) is 24.2 Å². The summed E-state index contributed by atoms with van der Waals surface area (Å²) in [7, 11) is 0. The molecule has 1 aromatic heterocycles. The van der Waals surface area contributed by atoms with E-state index in [1.807, 2.05) is 36.5 Å². The summed E-state index contributed by atoms with van der Waals surface area (Å²) in [5.74, 6) is -0.241. The highest BCUT2D eigenvalue weighted by Gasteiger charge is 2.28. The number of aromatic nitrogens is 2. The lowest BCUT2D eigenvalue weighted by atomic mass is 9.93. The number of hydrogen-bond donors (Lipinski definition) is 1. The van der Waals surface area contributed by atoms with E-state index in [1.54, 1.807) is 0 Å². The van der Waals surface area contributed by atoms with Gasteiger partial charge in [0, 0.05) is 32.3 Å². The highest BCUT2D eigenvalue weighted by Crippen LogP contribution is 2.25. The standard InChI is InChI=1S/C17H27N3O3/c1-4-20-11-14(16(18-20)12(2)3)17(23)19-9-5-6-13(10-19)7-8-15(21)22/h11-13H,4-10H2,1-3H3,(H,21,22)/t13-/m0/s1. The van der Waals surface area contributed by atoms with E-state index in [0.29, 0.717) is 18.5 Å². The van der Waals surface area contributed by atoms with Crippen LogP contribution < -0.4 is 0 Å². The zero-order valence-corrected chi connectivity index (χ0v) is 14.3. The molecule has 6 heteroatoms. The molecule has 0 aliphatic carbocycles. The van der Waals surface area contributed by atoms with Gasteiger partial charge in [0.1, 0.15) is 0 Å². The maximum absolute atomic E-state index is 12.9. The van der Waals surface area contributed by atoms with Crippen LogP contribution in [-0.4, -0.2) is 44.8 Å². The summed E-state index contributed by atoms with van der Waals surface area (Å²) in [4.78, 5) is 25.5. The predicted molar refractivity (Wildman–Crippen MR) is 87.5 cm³/mol. The molecular weight excluding hydrogens is 294 g/mol. The number of nitrogens with zero attached hydrogens (tertiary/aromatic N) is 3. The number of carboxylic acids is 1. The molecule has 128 valence electrons. The van der Waals surface area contributed by atoms with E-state index in [2.05, 4.69) is 5.10 Å². The summed E-state index contributed by atoms with van der Waals surface area (Å²) >= 11 is 0. The largest absolute Gasteiger partial charge is 0.481 e. The quantitative estimate of drug-likeness (QED) is 0.874. The second-order valence-corrected chi connectivity index (χ2v) is 6.63. The molecule has 1 aliphatic heterocycles. The van der Waals surface area contributed by atoms with Crippen LogP contribution in [0.5, 0.6) is 0 Å². The molecule has 0 unspecified atom stereocenters. The van der Waals surface area contributed by atoms with E-state index >= 15 is 0 Å². The first-order valence-corrected chi connectivity index (χ1v) is 8.50. The molecule has 2 rings (SSSR count). The third-order valence-corrected chi connectivity index (χ3v) is 4.46. The summed E-state index contributed by atoms with van der Waals surface area (Å²) in [6, 6.07) is 0. The summed E-state index contributed by atoms with van der Waals surface area (Å²) in [6.45, 7) is 8.25. The summed E-state index contributed by atoms with van der Waals surface area (Å²) in [5, 5.41) is 13.3. The van der Waals surface area contributed by atoms with E-state index in [9.17, 15) is 9.59 Å². The lowest BCUT2D eigenvalue weighted by Gasteiger charge is -2.32. The molecule has 23 heavy (non-hydrogen) atoms. The molecule has 1 atom stereocenters. The lowest BCUT2D eigenvalue weighted by molar-refractivity contribution is -0.137. The number of likely N-dealkylation sites (tertiary alicyclic amines) is 1. The van der Waals surface area contributed by atoms with Gasteiger partial charge in [-0.3, -0.25) is 14.3 Å². The molecule has 0 bridgehead atoms. The Balaban J connectivity index is 2.10. The number of rotatable bonds is 6. The van der Waals surface area contributed by atoms with E-state index in [1.165, 1.54) is 0 Å². The minimum atomic E-state index is -0.764. The Kier molecular flexibility index (Phi) is 5.80. The van der Waals surface area contributed by atoms with Crippen molar-refractivity contribution < 1.29 is 14.7 Å². The van der Waals surface area contributed by atoms with Crippen molar-refractivity contribution in [1.29, 1.82) is 0 Å². The second-order valence-electron chi connectivity index (χ2n) is 6.63. The topological polar surface area (TPSA) is 75.4 Å². The van der Waals surface area contributed by atoms with Crippen LogP contribution in [-0.2, 0) is 11.3 Å². The molecule has 2 heterocycles. The lowest BCUT2D eigenvalue weighted by Crippen LogP contribution is -2.40. The number of carboxylic acid groups (broad SMARTS) is 1. The number of amides is 1. The number of aliphatic carboxylic acids is 1. The third kappa shape index (κ3) is 4.33. The minimum absolute atomic E-state index is 0.0356. The van der Waals surface area contributed by atoms with Crippen LogP contribution in [0.4, 0.5) is 0 Å². The highest BCUT2D eigenvalue weighted by atomic mass is 16.4. The number of carbonyl (C=O) groups excluding carboxylic acids is 1. The number of aryl methyl sites for hydroxylation is 1. The van der Waals surface area contributed by atoms with Crippen LogP contribution in [0.25, 0.3) is 0 Å². The van der Waals surface area contributed by atoms with Gasteiger partial charge in [-0.25, -0.2) is 0 Å². The van der Waals surface area contributed by atoms with Crippen molar-refractivity contribution in [2.24, 2.45) is 5.92 Å². The van der Waals surface area contributed by atoms with Crippen molar-refractivity contribution in [2.75, 3.05) is 13.1 Å². The van der Waals surface area contributed by atoms with Gasteiger partial charge in [0.25, 0.3) is 5.91 Å². The van der Waals surface area contributed by atoms with Gasteiger partial charge < -0.3 is 10.0 Å². The average Bonchev–Trinajstić information content (AvgIpc) is 2.97. The average molecular weight is 321 g/mol. The zero-order valence-electron chi connectivity index (χ0n) is 14.3. The van der Waals surface area contributed by atoms with Crippen LogP contribution in [0.1, 0.15) is 68.4 Å². The highest BCUT2D eigenvalue weighted by molar-refractivity contribution is 5.95. The first kappa shape index (κ1) is 17.5. The number of hydrogen-bond acceptors (Lipinski definition) is 3. The molecule has 0 saturated carbocycles. The van der Waals surface area contributed by atoms with Crippen LogP contribution in [0.15, 0.2) is 6.20 Å². The Hall–Kier alpha value is -1.85. The maximum Gasteiger partial charge on any atom is 0.303 e. The summed E-state index contributed by atoms with van der Waals surface area (Å²) in [6.07, 6.45) is 4.61. The molecular formula is C17H27N3O3. The van der Waals surface area contributed by atoms with Crippen molar-refractivity contribution >= 4 is 11.9 Å². The molecule has 0 spiro atoms.